The van der Waals surface area contributed by atoms with Gasteiger partial charge in [-0.05, 0) is 75.6 Å². The van der Waals surface area contributed by atoms with E-state index in [9.17, 15) is 19.5 Å². The van der Waals surface area contributed by atoms with Crippen molar-refractivity contribution < 1.29 is 29.0 Å². The molecule has 0 aliphatic carbocycles. The summed E-state index contributed by atoms with van der Waals surface area (Å²) in [5, 5.41) is 16.0. The van der Waals surface area contributed by atoms with Gasteiger partial charge in [0, 0.05) is 62.0 Å². The summed E-state index contributed by atoms with van der Waals surface area (Å²) in [6.45, 7) is 6.51. The smallest absolute Gasteiger partial charge is 0.321 e. The minimum Gasteiger partial charge on any atom is -0.490 e. The molecule has 0 fully saturated rings. The van der Waals surface area contributed by atoms with Gasteiger partial charge in [-0.25, -0.2) is 4.79 Å². The van der Waals surface area contributed by atoms with Crippen LogP contribution in [0, 0.1) is 5.92 Å². The monoisotopic (exact) mass is 631 g/mol. The Labute approximate surface area is 270 Å². The Morgan fingerprint density at radius 1 is 1.04 bits per heavy atom. The van der Waals surface area contributed by atoms with Gasteiger partial charge in [0.2, 0.25) is 0 Å². The molecule has 246 valence electrons. The first-order valence-electron chi connectivity index (χ1n) is 15.8. The zero-order valence-electron chi connectivity index (χ0n) is 27.0. The number of benzene rings is 2. The predicted molar refractivity (Wildman–Crippen MR) is 177 cm³/mol. The van der Waals surface area contributed by atoms with Crippen LogP contribution in [0.4, 0.5) is 16.2 Å². The number of aliphatic hydroxyl groups is 1. The van der Waals surface area contributed by atoms with Gasteiger partial charge in [0.15, 0.2) is 0 Å². The lowest BCUT2D eigenvalue weighted by Gasteiger charge is -2.35. The molecule has 0 radical (unpaired) electrons. The van der Waals surface area contributed by atoms with E-state index in [0.29, 0.717) is 35.8 Å². The minimum absolute atomic E-state index is 0.182. The number of anilines is 2. The third-order valence-electron chi connectivity index (χ3n) is 8.08. The third kappa shape index (κ3) is 9.51. The number of para-hydroxylation sites is 1. The molecule has 0 unspecified atom stereocenters. The van der Waals surface area contributed by atoms with Crippen LogP contribution in [0.2, 0.25) is 0 Å². The summed E-state index contributed by atoms with van der Waals surface area (Å²) in [5.74, 6) is -0.476. The molecule has 1 aliphatic heterocycles. The van der Waals surface area contributed by atoms with Gasteiger partial charge in [-0.1, -0.05) is 25.1 Å². The number of carbonyl (C=O) groups is 3. The number of likely N-dealkylation sites (N-methyl/N-ethyl adjacent to an activating group) is 1. The molecule has 2 heterocycles. The zero-order valence-corrected chi connectivity index (χ0v) is 27.0. The topological polar surface area (TPSA) is 133 Å². The Kier molecular flexibility index (Phi) is 12.5. The molecule has 46 heavy (non-hydrogen) atoms. The highest BCUT2D eigenvalue weighted by Crippen LogP contribution is 2.29. The molecule has 0 bridgehead atoms. The maximum absolute atomic E-state index is 14.3. The van der Waals surface area contributed by atoms with Crippen molar-refractivity contribution in [3.05, 3.63) is 84.2 Å². The average Bonchev–Trinajstić information content (AvgIpc) is 3.06. The van der Waals surface area contributed by atoms with Gasteiger partial charge in [0.25, 0.3) is 11.8 Å². The molecule has 1 aliphatic rings. The Balaban J connectivity index is 1.60. The highest BCUT2D eigenvalue weighted by atomic mass is 16.5. The SMILES string of the molecule is C[C@@H]1CCCCO[C@H](CN(C)C(=O)Nc2ccccc2)[C@@H](C)CN([C@@H](C)CO)C(=O)c2cc(NC(=O)c3ccncc3)ccc2O1. The van der Waals surface area contributed by atoms with Gasteiger partial charge in [-0.2, -0.15) is 0 Å². The summed E-state index contributed by atoms with van der Waals surface area (Å²) < 4.78 is 12.6. The molecule has 3 aromatic rings. The zero-order chi connectivity index (χ0) is 33.1. The lowest BCUT2D eigenvalue weighted by atomic mass is 10.0. The van der Waals surface area contributed by atoms with Crippen molar-refractivity contribution in [1.82, 2.24) is 14.8 Å². The molecule has 11 nitrogen and oxygen atoms in total. The number of aliphatic hydroxyl groups excluding tert-OH is 1. The van der Waals surface area contributed by atoms with Crippen LogP contribution >= 0.6 is 0 Å². The van der Waals surface area contributed by atoms with Crippen molar-refractivity contribution >= 4 is 29.2 Å². The summed E-state index contributed by atoms with van der Waals surface area (Å²) >= 11 is 0. The van der Waals surface area contributed by atoms with E-state index in [1.54, 1.807) is 54.1 Å². The van der Waals surface area contributed by atoms with E-state index < -0.39 is 6.04 Å². The number of hydrogen-bond acceptors (Lipinski definition) is 7. The number of fused-ring (bicyclic) bond motifs is 1. The van der Waals surface area contributed by atoms with Gasteiger partial charge in [0.05, 0.1) is 30.4 Å². The average molecular weight is 632 g/mol. The molecular formula is C35H45N5O6. The van der Waals surface area contributed by atoms with E-state index in [0.717, 1.165) is 19.3 Å². The Hall–Kier alpha value is -4.48. The van der Waals surface area contributed by atoms with E-state index in [1.165, 1.54) is 12.4 Å². The number of urea groups is 1. The number of rotatable bonds is 7. The largest absolute Gasteiger partial charge is 0.490 e. The Bertz CT molecular complexity index is 1440. The second-order valence-electron chi connectivity index (χ2n) is 11.9. The number of nitrogens with zero attached hydrogens (tertiary/aromatic N) is 3. The first kappa shape index (κ1) is 34.4. The number of ether oxygens (including phenoxy) is 2. The van der Waals surface area contributed by atoms with E-state index in [4.69, 9.17) is 9.47 Å². The maximum atomic E-state index is 14.3. The van der Waals surface area contributed by atoms with Crippen molar-refractivity contribution in [2.45, 2.75) is 58.3 Å². The highest BCUT2D eigenvalue weighted by molar-refractivity contribution is 6.05. The van der Waals surface area contributed by atoms with E-state index in [2.05, 4.69) is 15.6 Å². The fourth-order valence-corrected chi connectivity index (χ4v) is 5.26. The van der Waals surface area contributed by atoms with Crippen LogP contribution in [0.15, 0.2) is 73.1 Å². The fraction of sp³-hybridized carbons (Fsp3) is 0.429. The van der Waals surface area contributed by atoms with Gasteiger partial charge in [-0.3, -0.25) is 14.6 Å². The van der Waals surface area contributed by atoms with Crippen LogP contribution in [-0.2, 0) is 4.74 Å². The molecular weight excluding hydrogens is 586 g/mol. The van der Waals surface area contributed by atoms with Crippen LogP contribution in [0.1, 0.15) is 60.7 Å². The number of aromatic nitrogens is 1. The standard InChI is InChI=1S/C35H45N5O6/c1-24-21-40(25(2)23-41)34(43)30-20-29(37-33(42)27-15-17-36-18-16-27)13-14-31(30)46-26(3)10-8-9-19-45-32(24)22-39(4)35(44)38-28-11-6-5-7-12-28/h5-7,11-18,20,24-26,32,41H,8-10,19,21-23H2,1-4H3,(H,37,42)(H,38,44)/t24-,25-,26+,32+/m0/s1. The third-order valence-corrected chi connectivity index (χ3v) is 8.08. The molecule has 3 N–H and O–H groups in total. The highest BCUT2D eigenvalue weighted by Gasteiger charge is 2.31. The van der Waals surface area contributed by atoms with E-state index in [-0.39, 0.29) is 54.7 Å². The van der Waals surface area contributed by atoms with Crippen LogP contribution < -0.4 is 15.4 Å². The van der Waals surface area contributed by atoms with Gasteiger partial charge in [0.1, 0.15) is 5.75 Å². The maximum Gasteiger partial charge on any atom is 0.321 e. The van der Waals surface area contributed by atoms with Crippen molar-refractivity contribution in [1.29, 1.82) is 0 Å². The number of nitrogens with one attached hydrogen (secondary N) is 2. The molecule has 0 spiro atoms. The Morgan fingerprint density at radius 3 is 2.50 bits per heavy atom. The molecule has 4 amide bonds. The number of carbonyl (C=O) groups excluding carboxylic acids is 3. The first-order valence-corrected chi connectivity index (χ1v) is 15.8. The fourth-order valence-electron chi connectivity index (χ4n) is 5.26. The van der Waals surface area contributed by atoms with Gasteiger partial charge < -0.3 is 35.0 Å². The summed E-state index contributed by atoms with van der Waals surface area (Å²) in [5.41, 5.74) is 1.84. The molecule has 1 aromatic heterocycles. The second kappa shape index (κ2) is 16.7. The summed E-state index contributed by atoms with van der Waals surface area (Å²) in [4.78, 5) is 47.4. The quantitative estimate of drug-likeness (QED) is 0.323. The number of hydrogen-bond donors (Lipinski definition) is 3. The first-order chi connectivity index (χ1) is 22.2. The van der Waals surface area contributed by atoms with Crippen LogP contribution in [-0.4, -0.2) is 89.3 Å². The second-order valence-corrected chi connectivity index (χ2v) is 11.9. The normalized spacial score (nSPS) is 20.0. The number of pyridine rings is 1. The lowest BCUT2D eigenvalue weighted by Crippen LogP contribution is -2.48. The van der Waals surface area contributed by atoms with Gasteiger partial charge in [-0.15, -0.1) is 0 Å². The molecule has 0 saturated carbocycles. The van der Waals surface area contributed by atoms with Crippen LogP contribution in [0.3, 0.4) is 0 Å². The van der Waals surface area contributed by atoms with Gasteiger partial charge >= 0.3 is 6.03 Å². The van der Waals surface area contributed by atoms with Crippen molar-refractivity contribution in [2.75, 3.05) is 44.0 Å². The summed E-state index contributed by atoms with van der Waals surface area (Å²) in [7, 11) is 1.72. The molecule has 0 saturated heterocycles. The lowest BCUT2D eigenvalue weighted by molar-refractivity contribution is -0.0115. The van der Waals surface area contributed by atoms with E-state index >= 15 is 0 Å². The van der Waals surface area contributed by atoms with Crippen molar-refractivity contribution in [3.63, 3.8) is 0 Å². The summed E-state index contributed by atoms with van der Waals surface area (Å²) in [6.07, 6.45) is 4.91. The van der Waals surface area contributed by atoms with Crippen molar-refractivity contribution in [2.24, 2.45) is 5.92 Å². The minimum atomic E-state index is -0.525. The molecule has 11 heteroatoms. The Morgan fingerprint density at radius 2 is 1.78 bits per heavy atom. The molecule has 4 rings (SSSR count). The van der Waals surface area contributed by atoms with Crippen LogP contribution in [0.25, 0.3) is 0 Å². The molecule has 2 aromatic carbocycles. The van der Waals surface area contributed by atoms with E-state index in [1.807, 2.05) is 44.2 Å². The predicted octanol–water partition coefficient (Wildman–Crippen LogP) is 5.29. The summed E-state index contributed by atoms with van der Waals surface area (Å²) in [6, 6.07) is 16.7. The number of amides is 4. The van der Waals surface area contributed by atoms with Crippen LogP contribution in [0.5, 0.6) is 5.75 Å². The van der Waals surface area contributed by atoms with Crippen molar-refractivity contribution in [3.8, 4) is 5.75 Å². The molecule has 4 atom stereocenters.